The molecule has 2 amide bonds. The van der Waals surface area contributed by atoms with E-state index in [4.69, 9.17) is 0 Å². The third-order valence-corrected chi connectivity index (χ3v) is 6.53. The molecule has 1 aliphatic carbocycles. The largest absolute Gasteiger partial charge is 0.396 e. The van der Waals surface area contributed by atoms with Crippen LogP contribution in [0.5, 0.6) is 0 Å². The lowest BCUT2D eigenvalue weighted by molar-refractivity contribution is 0.195. The minimum absolute atomic E-state index is 0.0329. The number of nitrogens with zero attached hydrogens (tertiary/aromatic N) is 1. The highest BCUT2D eigenvalue weighted by Gasteiger charge is 2.53. The molecule has 4 atom stereocenters. The van der Waals surface area contributed by atoms with Gasteiger partial charge >= 0.3 is 6.03 Å². The Labute approximate surface area is 136 Å². The Morgan fingerprint density at radius 3 is 2.86 bits per heavy atom. The first kappa shape index (κ1) is 15.8. The van der Waals surface area contributed by atoms with Crippen LogP contribution < -0.4 is 5.32 Å². The molecule has 4 nitrogen and oxygen atoms in total. The second-order valence-electron chi connectivity index (χ2n) is 7.38. The van der Waals surface area contributed by atoms with Gasteiger partial charge in [-0.1, -0.05) is 20.8 Å². The number of likely N-dealkylation sites (tertiary alicyclic amines) is 1. The molecular weight excluding hydrogens is 296 g/mol. The van der Waals surface area contributed by atoms with Crippen LogP contribution in [-0.2, 0) is 0 Å². The van der Waals surface area contributed by atoms with Gasteiger partial charge in [-0.25, -0.2) is 4.79 Å². The van der Waals surface area contributed by atoms with Crippen LogP contribution in [0.1, 0.15) is 38.7 Å². The standard InChI is InChI=1S/C17H26N2O2S/c1-11(2)17(3)6-15(17)18-16(21)19-7-13(9-20)14(8-19)12-4-5-22-10-12/h4-5,10-11,13-15,20H,6-9H2,1-3H3,(H,18,21)/t13-,14-,15?,17?/m0/s1. The van der Waals surface area contributed by atoms with E-state index in [0.29, 0.717) is 25.0 Å². The SMILES string of the molecule is CC(C)C1(C)CC1NC(=O)N1C[C@@H](CO)[C@H](c2ccsc2)C1. The molecule has 0 bridgehead atoms. The Hall–Kier alpha value is -1.07. The van der Waals surface area contributed by atoms with E-state index in [-0.39, 0.29) is 29.9 Å². The van der Waals surface area contributed by atoms with Crippen molar-refractivity contribution in [2.75, 3.05) is 19.7 Å². The van der Waals surface area contributed by atoms with E-state index in [1.54, 1.807) is 11.3 Å². The van der Waals surface area contributed by atoms with E-state index in [1.165, 1.54) is 5.56 Å². The number of aliphatic hydroxyl groups excluding tert-OH is 1. The second-order valence-corrected chi connectivity index (χ2v) is 8.16. The number of thiophene rings is 1. The minimum atomic E-state index is 0.0329. The number of aliphatic hydroxyl groups is 1. The number of nitrogens with one attached hydrogen (secondary N) is 1. The maximum atomic E-state index is 12.5. The zero-order chi connectivity index (χ0) is 15.9. The highest BCUT2D eigenvalue weighted by atomic mass is 32.1. The Morgan fingerprint density at radius 2 is 2.32 bits per heavy atom. The molecule has 2 heterocycles. The van der Waals surface area contributed by atoms with Gasteiger partial charge < -0.3 is 15.3 Å². The van der Waals surface area contributed by atoms with Crippen molar-refractivity contribution >= 4 is 17.4 Å². The fourth-order valence-corrected chi connectivity index (χ4v) is 4.29. The van der Waals surface area contributed by atoms with Gasteiger partial charge in [0.2, 0.25) is 0 Å². The number of hydrogen-bond acceptors (Lipinski definition) is 3. The molecule has 0 aromatic carbocycles. The molecule has 0 spiro atoms. The van der Waals surface area contributed by atoms with E-state index in [2.05, 4.69) is 42.9 Å². The van der Waals surface area contributed by atoms with Gasteiger partial charge in [0.1, 0.15) is 0 Å². The normalized spacial score (nSPS) is 34.2. The Morgan fingerprint density at radius 1 is 1.55 bits per heavy atom. The number of urea groups is 1. The Kier molecular flexibility index (Phi) is 4.21. The van der Waals surface area contributed by atoms with Gasteiger partial charge in [-0.15, -0.1) is 0 Å². The second kappa shape index (κ2) is 5.85. The first-order valence-corrected chi connectivity index (χ1v) is 9.08. The fraction of sp³-hybridized carbons (Fsp3) is 0.706. The van der Waals surface area contributed by atoms with Crippen LogP contribution >= 0.6 is 11.3 Å². The summed E-state index contributed by atoms with van der Waals surface area (Å²) in [6.07, 6.45) is 1.07. The average molecular weight is 322 g/mol. The fourth-order valence-electron chi connectivity index (χ4n) is 3.56. The van der Waals surface area contributed by atoms with E-state index >= 15 is 0 Å². The summed E-state index contributed by atoms with van der Waals surface area (Å²) < 4.78 is 0. The molecule has 122 valence electrons. The van der Waals surface area contributed by atoms with Crippen LogP contribution in [-0.4, -0.2) is 41.8 Å². The predicted molar refractivity (Wildman–Crippen MR) is 89.1 cm³/mol. The van der Waals surface area contributed by atoms with Crippen molar-refractivity contribution < 1.29 is 9.90 Å². The third-order valence-electron chi connectivity index (χ3n) is 5.83. The zero-order valence-corrected chi connectivity index (χ0v) is 14.4. The summed E-state index contributed by atoms with van der Waals surface area (Å²) in [7, 11) is 0. The molecule has 0 radical (unpaired) electrons. The van der Waals surface area contributed by atoms with E-state index in [0.717, 1.165) is 6.42 Å². The average Bonchev–Trinajstić information content (AvgIpc) is 2.94. The smallest absolute Gasteiger partial charge is 0.317 e. The summed E-state index contributed by atoms with van der Waals surface area (Å²) in [6.45, 7) is 8.17. The molecule has 1 aliphatic heterocycles. The summed E-state index contributed by atoms with van der Waals surface area (Å²) >= 11 is 1.67. The molecule has 2 aliphatic rings. The highest BCUT2D eigenvalue weighted by Crippen LogP contribution is 2.51. The van der Waals surface area contributed by atoms with Crippen molar-refractivity contribution in [1.29, 1.82) is 0 Å². The van der Waals surface area contributed by atoms with Gasteiger partial charge in [0.15, 0.2) is 0 Å². The van der Waals surface area contributed by atoms with Crippen LogP contribution in [0.15, 0.2) is 16.8 Å². The lowest BCUT2D eigenvalue weighted by Crippen LogP contribution is -2.41. The van der Waals surface area contributed by atoms with E-state index in [1.807, 2.05) is 4.90 Å². The van der Waals surface area contributed by atoms with Gasteiger partial charge in [-0.2, -0.15) is 11.3 Å². The molecule has 2 unspecified atom stereocenters. The maximum Gasteiger partial charge on any atom is 0.317 e. The molecule has 3 rings (SSSR count). The number of hydrogen-bond donors (Lipinski definition) is 2. The van der Waals surface area contributed by atoms with Gasteiger partial charge in [0, 0.05) is 37.6 Å². The summed E-state index contributed by atoms with van der Waals surface area (Å²) in [5, 5.41) is 17.0. The van der Waals surface area contributed by atoms with Crippen LogP contribution in [0.25, 0.3) is 0 Å². The molecule has 1 aromatic heterocycles. The van der Waals surface area contributed by atoms with Crippen molar-refractivity contribution in [3.05, 3.63) is 22.4 Å². The van der Waals surface area contributed by atoms with Gasteiger partial charge in [0.25, 0.3) is 0 Å². The lowest BCUT2D eigenvalue weighted by Gasteiger charge is -2.20. The monoisotopic (exact) mass is 322 g/mol. The van der Waals surface area contributed by atoms with Gasteiger partial charge in [0.05, 0.1) is 0 Å². The Bertz CT molecular complexity index is 531. The lowest BCUT2D eigenvalue weighted by atomic mass is 9.92. The molecule has 1 saturated heterocycles. The topological polar surface area (TPSA) is 52.6 Å². The molecule has 22 heavy (non-hydrogen) atoms. The number of amides is 2. The highest BCUT2D eigenvalue weighted by molar-refractivity contribution is 7.08. The molecule has 5 heteroatoms. The van der Waals surface area contributed by atoms with Crippen molar-refractivity contribution in [2.45, 2.75) is 39.2 Å². The predicted octanol–water partition coefficient (Wildman–Crippen LogP) is 2.90. The number of rotatable bonds is 4. The minimum Gasteiger partial charge on any atom is -0.396 e. The molecule has 1 aromatic rings. The van der Waals surface area contributed by atoms with Gasteiger partial charge in [-0.3, -0.25) is 0 Å². The quantitative estimate of drug-likeness (QED) is 0.895. The van der Waals surface area contributed by atoms with Crippen molar-refractivity contribution in [3.63, 3.8) is 0 Å². The zero-order valence-electron chi connectivity index (χ0n) is 13.6. The molecule has 2 N–H and O–H groups in total. The molecular formula is C17H26N2O2S. The summed E-state index contributed by atoms with van der Waals surface area (Å²) in [5.74, 6) is 0.994. The van der Waals surface area contributed by atoms with Crippen molar-refractivity contribution in [3.8, 4) is 0 Å². The summed E-state index contributed by atoms with van der Waals surface area (Å²) in [5.41, 5.74) is 1.50. The summed E-state index contributed by atoms with van der Waals surface area (Å²) in [6, 6.07) is 2.44. The Balaban J connectivity index is 1.61. The maximum absolute atomic E-state index is 12.5. The molecule has 2 fully saturated rings. The van der Waals surface area contributed by atoms with Crippen LogP contribution in [0, 0.1) is 17.3 Å². The number of carbonyl (C=O) groups excluding carboxylic acids is 1. The van der Waals surface area contributed by atoms with Crippen LogP contribution in [0.3, 0.4) is 0 Å². The first-order chi connectivity index (χ1) is 10.5. The van der Waals surface area contributed by atoms with Crippen LogP contribution in [0.2, 0.25) is 0 Å². The van der Waals surface area contributed by atoms with Crippen LogP contribution in [0.4, 0.5) is 4.79 Å². The number of carbonyl (C=O) groups is 1. The first-order valence-electron chi connectivity index (χ1n) is 8.14. The van der Waals surface area contributed by atoms with Crippen molar-refractivity contribution in [1.82, 2.24) is 10.2 Å². The van der Waals surface area contributed by atoms with Gasteiger partial charge in [-0.05, 0) is 40.1 Å². The van der Waals surface area contributed by atoms with Crippen molar-refractivity contribution in [2.24, 2.45) is 17.3 Å². The summed E-state index contributed by atoms with van der Waals surface area (Å²) in [4.78, 5) is 14.4. The van der Waals surface area contributed by atoms with E-state index < -0.39 is 0 Å². The molecule has 1 saturated carbocycles. The van der Waals surface area contributed by atoms with E-state index in [9.17, 15) is 9.90 Å². The third kappa shape index (κ3) is 2.76.